The minimum absolute atomic E-state index is 0.455. The van der Waals surface area contributed by atoms with Crippen molar-refractivity contribution in [3.63, 3.8) is 0 Å². The van der Waals surface area contributed by atoms with Crippen molar-refractivity contribution in [2.24, 2.45) is 5.92 Å². The molecule has 1 saturated carbocycles. The molecule has 1 aromatic carbocycles. The van der Waals surface area contributed by atoms with Crippen molar-refractivity contribution in [3.8, 4) is 0 Å². The summed E-state index contributed by atoms with van der Waals surface area (Å²) in [4.78, 5) is 0. The highest BCUT2D eigenvalue weighted by molar-refractivity contribution is 6.30. The van der Waals surface area contributed by atoms with Crippen LogP contribution in [-0.4, -0.2) is 17.7 Å². The Hall–Kier alpha value is -0.570. The van der Waals surface area contributed by atoms with Gasteiger partial charge < -0.3 is 10.4 Å². The van der Waals surface area contributed by atoms with Crippen LogP contribution >= 0.6 is 11.6 Å². The Morgan fingerprint density at radius 1 is 1.21 bits per heavy atom. The predicted octanol–water partition coefficient (Wildman–Crippen LogP) is 3.93. The Morgan fingerprint density at radius 3 is 2.47 bits per heavy atom. The maximum absolute atomic E-state index is 10.2. The van der Waals surface area contributed by atoms with Gasteiger partial charge in [-0.05, 0) is 43.4 Å². The topological polar surface area (TPSA) is 32.3 Å². The lowest BCUT2D eigenvalue weighted by Gasteiger charge is -2.29. The number of rotatable bonds is 5. The Morgan fingerprint density at radius 2 is 1.84 bits per heavy atom. The van der Waals surface area contributed by atoms with Crippen LogP contribution in [-0.2, 0) is 0 Å². The number of halogens is 1. The molecule has 1 aromatic rings. The molecule has 0 saturated heterocycles. The fourth-order valence-electron chi connectivity index (χ4n) is 2.90. The SMILES string of the molecule is C[C@H](NCC(O)c1ccc(Cl)cc1)C1CCCCC1. The van der Waals surface area contributed by atoms with E-state index in [4.69, 9.17) is 11.6 Å². The van der Waals surface area contributed by atoms with Gasteiger partial charge in [0.15, 0.2) is 0 Å². The summed E-state index contributed by atoms with van der Waals surface area (Å²) < 4.78 is 0. The normalized spacial score (nSPS) is 20.2. The van der Waals surface area contributed by atoms with Gasteiger partial charge in [0.25, 0.3) is 0 Å². The van der Waals surface area contributed by atoms with Gasteiger partial charge in [-0.25, -0.2) is 0 Å². The van der Waals surface area contributed by atoms with Gasteiger partial charge in [0.1, 0.15) is 0 Å². The van der Waals surface area contributed by atoms with Gasteiger partial charge in [-0.3, -0.25) is 0 Å². The number of aliphatic hydroxyl groups is 1. The molecule has 0 aliphatic heterocycles. The van der Waals surface area contributed by atoms with E-state index in [-0.39, 0.29) is 0 Å². The average Bonchev–Trinajstić information content (AvgIpc) is 2.46. The van der Waals surface area contributed by atoms with Crippen LogP contribution < -0.4 is 5.32 Å². The Balaban J connectivity index is 1.79. The van der Waals surface area contributed by atoms with Crippen LogP contribution in [0.1, 0.15) is 50.7 Å². The molecule has 1 fully saturated rings. The largest absolute Gasteiger partial charge is 0.387 e. The molecular weight excluding hydrogens is 258 g/mol. The highest BCUT2D eigenvalue weighted by Crippen LogP contribution is 2.26. The van der Waals surface area contributed by atoms with Crippen molar-refractivity contribution in [1.82, 2.24) is 5.32 Å². The zero-order chi connectivity index (χ0) is 13.7. The Bertz CT molecular complexity index is 373. The van der Waals surface area contributed by atoms with E-state index in [2.05, 4.69) is 12.2 Å². The highest BCUT2D eigenvalue weighted by Gasteiger charge is 2.20. The third-order valence-corrected chi connectivity index (χ3v) is 4.50. The summed E-state index contributed by atoms with van der Waals surface area (Å²) in [5.74, 6) is 0.770. The van der Waals surface area contributed by atoms with Crippen LogP contribution in [0.4, 0.5) is 0 Å². The third-order valence-electron chi connectivity index (χ3n) is 4.24. The lowest BCUT2D eigenvalue weighted by molar-refractivity contribution is 0.161. The smallest absolute Gasteiger partial charge is 0.0914 e. The van der Waals surface area contributed by atoms with Gasteiger partial charge in [-0.1, -0.05) is 43.0 Å². The van der Waals surface area contributed by atoms with Crippen LogP contribution in [0.5, 0.6) is 0 Å². The Labute approximate surface area is 121 Å². The van der Waals surface area contributed by atoms with Gasteiger partial charge in [0.2, 0.25) is 0 Å². The third kappa shape index (κ3) is 4.48. The first kappa shape index (κ1) is 14.8. The molecule has 1 aliphatic rings. The standard InChI is InChI=1S/C16H24ClNO/c1-12(13-5-3-2-4-6-13)18-11-16(19)14-7-9-15(17)10-8-14/h7-10,12-13,16,18-19H,2-6,11H2,1H3/t12-,16?/m0/s1. The molecule has 0 spiro atoms. The molecule has 0 aromatic heterocycles. The van der Waals surface area contributed by atoms with E-state index >= 15 is 0 Å². The number of aliphatic hydroxyl groups excluding tert-OH is 1. The molecule has 0 heterocycles. The minimum atomic E-state index is -0.455. The van der Waals surface area contributed by atoms with Gasteiger partial charge in [0.05, 0.1) is 6.10 Å². The fraction of sp³-hybridized carbons (Fsp3) is 0.625. The van der Waals surface area contributed by atoms with Crippen LogP contribution in [0.25, 0.3) is 0 Å². The van der Waals surface area contributed by atoms with Crippen molar-refractivity contribution in [3.05, 3.63) is 34.9 Å². The summed E-state index contributed by atoms with van der Waals surface area (Å²) >= 11 is 5.85. The number of benzene rings is 1. The highest BCUT2D eigenvalue weighted by atomic mass is 35.5. The molecule has 0 radical (unpaired) electrons. The van der Waals surface area contributed by atoms with Crippen LogP contribution in [0.2, 0.25) is 5.02 Å². The lowest BCUT2D eigenvalue weighted by atomic mass is 9.84. The van der Waals surface area contributed by atoms with Crippen molar-refractivity contribution < 1.29 is 5.11 Å². The van der Waals surface area contributed by atoms with Gasteiger partial charge in [-0.2, -0.15) is 0 Å². The number of hydrogen-bond donors (Lipinski definition) is 2. The lowest BCUT2D eigenvalue weighted by Crippen LogP contribution is -2.37. The molecule has 2 rings (SSSR count). The Kier molecular flexibility index (Phi) is 5.68. The maximum Gasteiger partial charge on any atom is 0.0914 e. The van der Waals surface area contributed by atoms with Crippen molar-refractivity contribution in [1.29, 1.82) is 0 Å². The van der Waals surface area contributed by atoms with E-state index < -0.39 is 6.10 Å². The van der Waals surface area contributed by atoms with Crippen molar-refractivity contribution >= 4 is 11.6 Å². The van der Waals surface area contributed by atoms with E-state index in [0.29, 0.717) is 17.6 Å². The van der Waals surface area contributed by atoms with Gasteiger partial charge in [-0.15, -0.1) is 0 Å². The fourth-order valence-corrected chi connectivity index (χ4v) is 3.03. The van der Waals surface area contributed by atoms with Crippen molar-refractivity contribution in [2.75, 3.05) is 6.54 Å². The van der Waals surface area contributed by atoms with E-state index in [1.54, 1.807) is 0 Å². The molecule has 19 heavy (non-hydrogen) atoms. The molecular formula is C16H24ClNO. The monoisotopic (exact) mass is 281 g/mol. The predicted molar refractivity (Wildman–Crippen MR) is 80.5 cm³/mol. The molecule has 0 amide bonds. The van der Waals surface area contributed by atoms with Gasteiger partial charge in [0, 0.05) is 17.6 Å². The first-order valence-corrected chi connectivity index (χ1v) is 7.71. The zero-order valence-corrected chi connectivity index (χ0v) is 12.4. The molecule has 1 unspecified atom stereocenters. The van der Waals surface area contributed by atoms with E-state index in [1.807, 2.05) is 24.3 Å². The summed E-state index contributed by atoms with van der Waals surface area (Å²) in [5.41, 5.74) is 0.924. The first-order chi connectivity index (χ1) is 9.16. The van der Waals surface area contributed by atoms with Crippen LogP contribution in [0.3, 0.4) is 0 Å². The zero-order valence-electron chi connectivity index (χ0n) is 11.6. The quantitative estimate of drug-likeness (QED) is 0.857. The van der Waals surface area contributed by atoms with Crippen molar-refractivity contribution in [2.45, 2.75) is 51.2 Å². The molecule has 106 valence electrons. The minimum Gasteiger partial charge on any atom is -0.387 e. The van der Waals surface area contributed by atoms with E-state index in [0.717, 1.165) is 11.5 Å². The maximum atomic E-state index is 10.2. The second-order valence-electron chi connectivity index (χ2n) is 5.66. The molecule has 2 atom stereocenters. The summed E-state index contributed by atoms with van der Waals surface area (Å²) in [6.07, 6.45) is 6.29. The summed E-state index contributed by atoms with van der Waals surface area (Å²) in [5, 5.41) is 14.3. The molecule has 1 aliphatic carbocycles. The summed E-state index contributed by atoms with van der Waals surface area (Å²) in [6, 6.07) is 7.91. The van der Waals surface area contributed by atoms with Crippen LogP contribution in [0, 0.1) is 5.92 Å². The molecule has 0 bridgehead atoms. The van der Waals surface area contributed by atoms with Gasteiger partial charge >= 0.3 is 0 Å². The molecule has 3 heteroatoms. The average molecular weight is 282 g/mol. The second-order valence-corrected chi connectivity index (χ2v) is 6.10. The molecule has 2 N–H and O–H groups in total. The summed E-state index contributed by atoms with van der Waals surface area (Å²) in [7, 11) is 0. The van der Waals surface area contributed by atoms with E-state index in [1.165, 1.54) is 32.1 Å². The first-order valence-electron chi connectivity index (χ1n) is 7.33. The van der Waals surface area contributed by atoms with E-state index in [9.17, 15) is 5.11 Å². The molecule has 2 nitrogen and oxygen atoms in total. The van der Waals surface area contributed by atoms with Crippen LogP contribution in [0.15, 0.2) is 24.3 Å². The second kappa shape index (κ2) is 7.28. The number of hydrogen-bond acceptors (Lipinski definition) is 2. The summed E-state index contributed by atoms with van der Waals surface area (Å²) in [6.45, 7) is 2.85. The number of nitrogens with one attached hydrogen (secondary N) is 1.